The van der Waals surface area contributed by atoms with Gasteiger partial charge in [0.25, 0.3) is 10.0 Å². The lowest BCUT2D eigenvalue weighted by Gasteiger charge is -2.22. The van der Waals surface area contributed by atoms with Crippen molar-refractivity contribution in [3.8, 4) is 6.07 Å². The summed E-state index contributed by atoms with van der Waals surface area (Å²) in [6, 6.07) is 11.6. The van der Waals surface area contributed by atoms with Gasteiger partial charge in [-0.25, -0.2) is 13.2 Å². The van der Waals surface area contributed by atoms with Gasteiger partial charge in [0.15, 0.2) is 0 Å². The summed E-state index contributed by atoms with van der Waals surface area (Å²) < 4.78 is 33.9. The van der Waals surface area contributed by atoms with Crippen molar-refractivity contribution in [1.82, 2.24) is 10.3 Å². The highest BCUT2D eigenvalue weighted by atomic mass is 32.2. The summed E-state index contributed by atoms with van der Waals surface area (Å²) in [5, 5.41) is 12.8. The predicted molar refractivity (Wildman–Crippen MR) is 127 cm³/mol. The third-order valence-corrected chi connectivity index (χ3v) is 6.47. The number of alkyl carbamates (subject to hydrolysis) is 1. The monoisotopic (exact) mass is 468 g/mol. The lowest BCUT2D eigenvalue weighted by Crippen LogP contribution is -2.34. The Bertz CT molecular complexity index is 1310. The zero-order valence-electron chi connectivity index (χ0n) is 19.3. The summed E-state index contributed by atoms with van der Waals surface area (Å²) in [6.07, 6.45) is 1.75. The number of benzene rings is 2. The van der Waals surface area contributed by atoms with Crippen LogP contribution in [0.5, 0.6) is 0 Å². The van der Waals surface area contributed by atoms with E-state index in [4.69, 9.17) is 4.74 Å². The number of carbonyl (C=O) groups is 1. The second kappa shape index (κ2) is 9.16. The van der Waals surface area contributed by atoms with Crippen molar-refractivity contribution in [2.75, 3.05) is 4.72 Å². The minimum absolute atomic E-state index is 0.0792. The number of hydrogen-bond donors (Lipinski definition) is 3. The van der Waals surface area contributed by atoms with Crippen molar-refractivity contribution < 1.29 is 17.9 Å². The minimum Gasteiger partial charge on any atom is -0.444 e. The number of nitriles is 1. The van der Waals surface area contributed by atoms with E-state index in [-0.39, 0.29) is 10.9 Å². The highest BCUT2D eigenvalue weighted by molar-refractivity contribution is 7.92. The van der Waals surface area contributed by atoms with Crippen molar-refractivity contribution in [3.63, 3.8) is 0 Å². The maximum absolute atomic E-state index is 13.0. The molecule has 0 bridgehead atoms. The van der Waals surface area contributed by atoms with E-state index >= 15 is 0 Å². The van der Waals surface area contributed by atoms with Crippen LogP contribution in [0.25, 0.3) is 10.9 Å². The van der Waals surface area contributed by atoms with Crippen LogP contribution in [0, 0.1) is 11.3 Å². The van der Waals surface area contributed by atoms with E-state index in [0.717, 1.165) is 16.5 Å². The number of anilines is 1. The SMILES string of the molecule is CCc1ccc(NS(=O)(=O)c2ccc([C@@H](C)NC(=O)OC(C)(C)C)cc2)c2[nH]cc(C#N)c12. The van der Waals surface area contributed by atoms with Crippen molar-refractivity contribution in [2.45, 2.75) is 57.6 Å². The molecule has 0 aliphatic carbocycles. The van der Waals surface area contributed by atoms with Crippen LogP contribution in [0.2, 0.25) is 0 Å². The molecule has 33 heavy (non-hydrogen) atoms. The molecule has 0 saturated carbocycles. The zero-order chi connectivity index (χ0) is 24.4. The molecule has 9 heteroatoms. The molecule has 0 unspecified atom stereocenters. The Hall–Kier alpha value is -3.51. The molecule has 1 atom stereocenters. The molecule has 3 rings (SSSR count). The fourth-order valence-corrected chi connectivity index (χ4v) is 4.57. The number of fused-ring (bicyclic) bond motifs is 1. The topological polar surface area (TPSA) is 124 Å². The van der Waals surface area contributed by atoms with Gasteiger partial charge in [0.2, 0.25) is 0 Å². The number of amides is 1. The molecule has 3 aromatic rings. The number of hydrogen-bond acceptors (Lipinski definition) is 5. The van der Waals surface area contributed by atoms with Gasteiger partial charge in [-0.15, -0.1) is 0 Å². The van der Waals surface area contributed by atoms with E-state index in [1.54, 1.807) is 52.1 Å². The lowest BCUT2D eigenvalue weighted by molar-refractivity contribution is 0.0508. The Morgan fingerprint density at radius 1 is 1.18 bits per heavy atom. The fourth-order valence-electron chi connectivity index (χ4n) is 3.49. The van der Waals surface area contributed by atoms with Crippen LogP contribution in [0.4, 0.5) is 10.5 Å². The number of aryl methyl sites for hydroxylation is 1. The van der Waals surface area contributed by atoms with Gasteiger partial charge in [-0.1, -0.05) is 25.1 Å². The van der Waals surface area contributed by atoms with Crippen molar-refractivity contribution >= 4 is 32.7 Å². The minimum atomic E-state index is -3.88. The Balaban J connectivity index is 1.81. The molecule has 0 aliphatic heterocycles. The van der Waals surface area contributed by atoms with Crippen LogP contribution in [0.1, 0.15) is 57.4 Å². The number of rotatable bonds is 6. The zero-order valence-corrected chi connectivity index (χ0v) is 20.1. The number of ether oxygens (including phenoxy) is 1. The second-order valence-corrected chi connectivity index (χ2v) is 10.4. The van der Waals surface area contributed by atoms with Crippen molar-refractivity contribution in [3.05, 3.63) is 59.3 Å². The van der Waals surface area contributed by atoms with Gasteiger partial charge < -0.3 is 15.0 Å². The summed E-state index contributed by atoms with van der Waals surface area (Å²) in [6.45, 7) is 9.11. The van der Waals surface area contributed by atoms with Crippen LogP contribution in [0.15, 0.2) is 47.5 Å². The first kappa shape index (κ1) is 24.1. The molecule has 0 saturated heterocycles. The number of aromatic nitrogens is 1. The molecule has 1 amide bonds. The molecule has 8 nitrogen and oxygen atoms in total. The van der Waals surface area contributed by atoms with Gasteiger partial charge >= 0.3 is 6.09 Å². The average Bonchev–Trinajstić information content (AvgIpc) is 3.17. The summed E-state index contributed by atoms with van der Waals surface area (Å²) in [7, 11) is -3.88. The van der Waals surface area contributed by atoms with E-state index in [1.165, 1.54) is 12.1 Å². The fraction of sp³-hybridized carbons (Fsp3) is 0.333. The van der Waals surface area contributed by atoms with Gasteiger partial charge in [-0.2, -0.15) is 5.26 Å². The quantitative estimate of drug-likeness (QED) is 0.470. The number of sulfonamides is 1. The number of aromatic amines is 1. The first-order valence-electron chi connectivity index (χ1n) is 10.6. The normalized spacial score (nSPS) is 12.7. The summed E-state index contributed by atoms with van der Waals surface area (Å²) in [4.78, 5) is 15.1. The lowest BCUT2D eigenvalue weighted by atomic mass is 10.0. The largest absolute Gasteiger partial charge is 0.444 e. The van der Waals surface area contributed by atoms with Crippen molar-refractivity contribution in [2.24, 2.45) is 0 Å². The maximum atomic E-state index is 13.0. The molecule has 1 heterocycles. The first-order valence-corrected chi connectivity index (χ1v) is 12.1. The van der Waals surface area contributed by atoms with Gasteiger partial charge in [0.05, 0.1) is 27.7 Å². The Morgan fingerprint density at radius 2 is 1.85 bits per heavy atom. The molecule has 0 radical (unpaired) electrons. The molecule has 174 valence electrons. The summed E-state index contributed by atoms with van der Waals surface area (Å²) in [5.74, 6) is 0. The van der Waals surface area contributed by atoms with E-state index in [0.29, 0.717) is 23.2 Å². The van der Waals surface area contributed by atoms with Crippen LogP contribution >= 0.6 is 0 Å². The average molecular weight is 469 g/mol. The van der Waals surface area contributed by atoms with Crippen molar-refractivity contribution in [1.29, 1.82) is 5.26 Å². The number of nitrogens with zero attached hydrogens (tertiary/aromatic N) is 1. The van der Waals surface area contributed by atoms with Crippen LogP contribution < -0.4 is 10.0 Å². The molecular formula is C24H28N4O4S. The van der Waals surface area contributed by atoms with E-state index in [1.807, 2.05) is 13.0 Å². The third-order valence-electron chi connectivity index (χ3n) is 5.09. The number of carbonyl (C=O) groups excluding carboxylic acids is 1. The van der Waals surface area contributed by atoms with Crippen LogP contribution in [-0.4, -0.2) is 25.1 Å². The van der Waals surface area contributed by atoms with Gasteiger partial charge in [-0.05, 0) is 63.4 Å². The molecule has 0 fully saturated rings. The molecule has 1 aromatic heterocycles. The highest BCUT2D eigenvalue weighted by Crippen LogP contribution is 2.31. The standard InChI is InChI=1S/C24H28N4O4S/c1-6-16-9-12-20(22-21(16)18(13-25)14-26-22)28-33(30,31)19-10-7-17(8-11-19)15(2)27-23(29)32-24(3,4)5/h7-12,14-15,26,28H,6H2,1-5H3,(H,27,29)/t15-/m1/s1. The number of nitrogens with one attached hydrogen (secondary N) is 3. The predicted octanol–water partition coefficient (Wildman–Crippen LogP) is 4.99. The van der Waals surface area contributed by atoms with E-state index < -0.39 is 21.7 Å². The van der Waals surface area contributed by atoms with Crippen LogP contribution in [0.3, 0.4) is 0 Å². The highest BCUT2D eigenvalue weighted by Gasteiger charge is 2.21. The van der Waals surface area contributed by atoms with E-state index in [9.17, 15) is 18.5 Å². The molecule has 3 N–H and O–H groups in total. The van der Waals surface area contributed by atoms with E-state index in [2.05, 4.69) is 21.1 Å². The third kappa shape index (κ3) is 5.46. The Kier molecular flexibility index (Phi) is 6.70. The molecule has 0 spiro atoms. The maximum Gasteiger partial charge on any atom is 0.408 e. The molecule has 2 aromatic carbocycles. The van der Waals surface area contributed by atoms with Gasteiger partial charge in [0, 0.05) is 11.6 Å². The first-order chi connectivity index (χ1) is 15.4. The smallest absolute Gasteiger partial charge is 0.408 e. The summed E-state index contributed by atoms with van der Waals surface area (Å²) in [5.41, 5.74) is 2.49. The Morgan fingerprint density at radius 3 is 2.42 bits per heavy atom. The Labute approximate surface area is 194 Å². The summed E-state index contributed by atoms with van der Waals surface area (Å²) >= 11 is 0. The van der Waals surface area contributed by atoms with Gasteiger partial charge in [-0.3, -0.25) is 4.72 Å². The molecular weight excluding hydrogens is 440 g/mol. The number of H-pyrrole nitrogens is 1. The second-order valence-electron chi connectivity index (χ2n) is 8.73. The van der Waals surface area contributed by atoms with Gasteiger partial charge in [0.1, 0.15) is 11.7 Å². The molecule has 0 aliphatic rings. The van der Waals surface area contributed by atoms with Crippen LogP contribution in [-0.2, 0) is 21.2 Å².